The predicted octanol–water partition coefficient (Wildman–Crippen LogP) is -0.0639. The number of aromatic carboxylic acids is 1. The molecule has 0 spiro atoms. The molecule has 1 fully saturated rings. The molecule has 1 aliphatic rings. The number of hydrogen-bond acceptors (Lipinski definition) is 5. The molecular formula is C10H10BrN3O5S. The van der Waals surface area contributed by atoms with Crippen LogP contribution in [0, 0.1) is 0 Å². The molecule has 1 atom stereocenters. The molecule has 0 radical (unpaired) electrons. The van der Waals surface area contributed by atoms with E-state index in [2.05, 4.69) is 20.9 Å². The van der Waals surface area contributed by atoms with E-state index in [0.29, 0.717) is 4.47 Å². The van der Waals surface area contributed by atoms with Gasteiger partial charge in [0.15, 0.2) is 5.69 Å². The number of carboxylic acid groups (broad SMARTS) is 1. The molecule has 20 heavy (non-hydrogen) atoms. The van der Waals surface area contributed by atoms with Gasteiger partial charge >= 0.3 is 5.97 Å². The minimum atomic E-state index is -3.86. The molecule has 1 unspecified atom stereocenters. The van der Waals surface area contributed by atoms with Crippen molar-refractivity contribution in [3.05, 3.63) is 22.4 Å². The SMILES string of the molecule is NS(=O)(=O)C1CC(=O)N(c2cc(Br)cnc2C(=O)O)C1. The van der Waals surface area contributed by atoms with Crippen molar-refractivity contribution in [1.29, 1.82) is 0 Å². The van der Waals surface area contributed by atoms with Crippen molar-refractivity contribution in [2.24, 2.45) is 5.14 Å². The standard InChI is InChI=1S/C10H10BrN3O5S/c11-5-1-7(9(10(16)17)13-3-5)14-4-6(2-8(14)15)20(12,18)19/h1,3,6H,2,4H2,(H,16,17)(H2,12,18,19). The number of rotatable bonds is 3. The number of sulfonamides is 1. The molecule has 1 aliphatic heterocycles. The van der Waals surface area contributed by atoms with Crippen LogP contribution >= 0.6 is 15.9 Å². The Morgan fingerprint density at radius 2 is 2.20 bits per heavy atom. The van der Waals surface area contributed by atoms with Crippen molar-refractivity contribution < 1.29 is 23.1 Å². The van der Waals surface area contributed by atoms with Gasteiger partial charge in [-0.05, 0) is 22.0 Å². The first kappa shape index (κ1) is 14.9. The molecule has 2 heterocycles. The van der Waals surface area contributed by atoms with Crippen molar-refractivity contribution in [3.63, 3.8) is 0 Å². The van der Waals surface area contributed by atoms with Gasteiger partial charge in [0, 0.05) is 23.6 Å². The number of pyridine rings is 1. The molecule has 1 aromatic rings. The number of carboxylic acids is 1. The third-order valence-corrected chi connectivity index (χ3v) is 4.56. The van der Waals surface area contributed by atoms with Gasteiger partial charge in [0.1, 0.15) is 5.25 Å². The average molecular weight is 364 g/mol. The zero-order valence-electron chi connectivity index (χ0n) is 9.98. The van der Waals surface area contributed by atoms with Crippen LogP contribution in [-0.2, 0) is 14.8 Å². The summed E-state index contributed by atoms with van der Waals surface area (Å²) in [5, 5.41) is 13.0. The molecule has 1 amide bonds. The van der Waals surface area contributed by atoms with E-state index >= 15 is 0 Å². The van der Waals surface area contributed by atoms with Crippen LogP contribution in [0.25, 0.3) is 0 Å². The minimum absolute atomic E-state index is 0.0445. The quantitative estimate of drug-likeness (QED) is 0.772. The average Bonchev–Trinajstić information content (AvgIpc) is 2.70. The second-order valence-electron chi connectivity index (χ2n) is 4.25. The number of carbonyl (C=O) groups excluding carboxylic acids is 1. The zero-order chi connectivity index (χ0) is 15.1. The lowest BCUT2D eigenvalue weighted by Gasteiger charge is -2.18. The van der Waals surface area contributed by atoms with Crippen molar-refractivity contribution >= 4 is 43.5 Å². The maximum Gasteiger partial charge on any atom is 0.356 e. The Morgan fingerprint density at radius 3 is 2.70 bits per heavy atom. The van der Waals surface area contributed by atoms with Gasteiger partial charge in [0.25, 0.3) is 0 Å². The van der Waals surface area contributed by atoms with Crippen LogP contribution in [0.4, 0.5) is 5.69 Å². The second-order valence-corrected chi connectivity index (χ2v) is 7.01. The van der Waals surface area contributed by atoms with Gasteiger partial charge in [0.2, 0.25) is 15.9 Å². The lowest BCUT2D eigenvalue weighted by molar-refractivity contribution is -0.117. The number of nitrogens with zero attached hydrogens (tertiary/aromatic N) is 2. The van der Waals surface area contributed by atoms with Crippen molar-refractivity contribution in [2.75, 3.05) is 11.4 Å². The van der Waals surface area contributed by atoms with Gasteiger partial charge in [-0.3, -0.25) is 4.79 Å². The summed E-state index contributed by atoms with van der Waals surface area (Å²) in [6.07, 6.45) is 1.01. The molecule has 1 aromatic heterocycles. The van der Waals surface area contributed by atoms with E-state index in [4.69, 9.17) is 10.2 Å². The number of primary sulfonamides is 1. The summed E-state index contributed by atoms with van der Waals surface area (Å²) in [7, 11) is -3.86. The number of nitrogens with two attached hydrogens (primary N) is 1. The normalized spacial score (nSPS) is 19.4. The summed E-state index contributed by atoms with van der Waals surface area (Å²) >= 11 is 3.13. The van der Waals surface area contributed by atoms with Gasteiger partial charge in [-0.2, -0.15) is 0 Å². The highest BCUT2D eigenvalue weighted by Gasteiger charge is 2.38. The summed E-state index contributed by atoms with van der Waals surface area (Å²) in [5.41, 5.74) is -0.278. The highest BCUT2D eigenvalue weighted by molar-refractivity contribution is 9.10. The van der Waals surface area contributed by atoms with E-state index in [1.54, 1.807) is 0 Å². The summed E-state index contributed by atoms with van der Waals surface area (Å²) in [5.74, 6) is -1.81. The smallest absolute Gasteiger partial charge is 0.356 e. The Balaban J connectivity index is 2.45. The van der Waals surface area contributed by atoms with E-state index < -0.39 is 27.1 Å². The first-order valence-electron chi connectivity index (χ1n) is 5.41. The maximum atomic E-state index is 11.9. The highest BCUT2D eigenvalue weighted by Crippen LogP contribution is 2.28. The van der Waals surface area contributed by atoms with Crippen LogP contribution in [0.1, 0.15) is 16.9 Å². The molecule has 0 aromatic carbocycles. The maximum absolute atomic E-state index is 11.9. The van der Waals surface area contributed by atoms with E-state index in [0.717, 1.165) is 4.90 Å². The summed E-state index contributed by atoms with van der Waals surface area (Å²) < 4.78 is 23.1. The number of anilines is 1. The van der Waals surface area contributed by atoms with Gasteiger partial charge in [0.05, 0.1) is 5.69 Å². The monoisotopic (exact) mass is 363 g/mol. The van der Waals surface area contributed by atoms with Crippen LogP contribution in [0.5, 0.6) is 0 Å². The van der Waals surface area contributed by atoms with Crippen LogP contribution in [0.2, 0.25) is 0 Å². The summed E-state index contributed by atoms with van der Waals surface area (Å²) in [4.78, 5) is 27.8. The number of amides is 1. The third-order valence-electron chi connectivity index (χ3n) is 2.88. The molecule has 8 nitrogen and oxygen atoms in total. The minimum Gasteiger partial charge on any atom is -0.476 e. The lowest BCUT2D eigenvalue weighted by atomic mass is 10.2. The third kappa shape index (κ3) is 2.81. The number of hydrogen-bond donors (Lipinski definition) is 2. The first-order chi connectivity index (χ1) is 9.20. The number of aromatic nitrogens is 1. The molecule has 10 heteroatoms. The Kier molecular flexibility index (Phi) is 3.80. The molecule has 1 saturated heterocycles. The summed E-state index contributed by atoms with van der Waals surface area (Å²) in [6.45, 7) is -0.184. The first-order valence-corrected chi connectivity index (χ1v) is 7.81. The van der Waals surface area contributed by atoms with E-state index in [1.807, 2.05) is 0 Å². The molecule has 0 bridgehead atoms. The van der Waals surface area contributed by atoms with Gasteiger partial charge < -0.3 is 10.0 Å². The predicted molar refractivity (Wildman–Crippen MR) is 72.8 cm³/mol. The Morgan fingerprint density at radius 1 is 1.55 bits per heavy atom. The van der Waals surface area contributed by atoms with Crippen LogP contribution in [-0.4, -0.2) is 42.2 Å². The number of carbonyl (C=O) groups is 2. The summed E-state index contributed by atoms with van der Waals surface area (Å²) in [6, 6.07) is 1.40. The fraction of sp³-hybridized carbons (Fsp3) is 0.300. The molecule has 3 N–H and O–H groups in total. The second kappa shape index (κ2) is 5.11. The molecule has 108 valence electrons. The van der Waals surface area contributed by atoms with Crippen molar-refractivity contribution in [2.45, 2.75) is 11.7 Å². The van der Waals surface area contributed by atoms with E-state index in [9.17, 15) is 18.0 Å². The molecule has 2 rings (SSSR count). The Bertz CT molecular complexity index is 690. The van der Waals surface area contributed by atoms with Gasteiger partial charge in [-0.15, -0.1) is 0 Å². The van der Waals surface area contributed by atoms with Crippen LogP contribution < -0.4 is 10.0 Å². The number of halogens is 1. The fourth-order valence-electron chi connectivity index (χ4n) is 1.93. The Hall–Kier alpha value is -1.52. The molecular weight excluding hydrogens is 354 g/mol. The van der Waals surface area contributed by atoms with Gasteiger partial charge in [-0.1, -0.05) is 0 Å². The van der Waals surface area contributed by atoms with E-state index in [1.165, 1.54) is 12.3 Å². The van der Waals surface area contributed by atoms with Gasteiger partial charge in [-0.25, -0.2) is 23.3 Å². The highest BCUT2D eigenvalue weighted by atomic mass is 79.9. The largest absolute Gasteiger partial charge is 0.476 e. The Labute approximate surface area is 122 Å². The lowest BCUT2D eigenvalue weighted by Crippen LogP contribution is -2.32. The fourth-order valence-corrected chi connectivity index (χ4v) is 2.98. The van der Waals surface area contributed by atoms with Crippen LogP contribution in [0.15, 0.2) is 16.7 Å². The van der Waals surface area contributed by atoms with Crippen molar-refractivity contribution in [3.8, 4) is 0 Å². The topological polar surface area (TPSA) is 131 Å². The van der Waals surface area contributed by atoms with Crippen molar-refractivity contribution in [1.82, 2.24) is 4.98 Å². The van der Waals surface area contributed by atoms with E-state index in [-0.39, 0.29) is 24.3 Å². The van der Waals surface area contributed by atoms with Crippen LogP contribution in [0.3, 0.4) is 0 Å². The molecule has 0 aliphatic carbocycles. The molecule has 0 saturated carbocycles. The zero-order valence-corrected chi connectivity index (χ0v) is 12.4.